The number of hydrogen-bond acceptors (Lipinski definition) is 5. The maximum Gasteiger partial charge on any atom is 0.253 e. The summed E-state index contributed by atoms with van der Waals surface area (Å²) in [4.78, 5) is 14.2. The molecule has 24 heavy (non-hydrogen) atoms. The normalized spacial score (nSPS) is 18.1. The molecule has 1 aromatic carbocycles. The molecule has 0 aromatic heterocycles. The second kappa shape index (κ2) is 9.33. The number of nitrogens with one attached hydrogen (secondary N) is 1. The predicted molar refractivity (Wildman–Crippen MR) is 93.9 cm³/mol. The second-order valence-electron chi connectivity index (χ2n) is 5.57. The largest absolute Gasteiger partial charge is 0.383 e. The first-order valence-corrected chi connectivity index (χ1v) is 9.06. The van der Waals surface area contributed by atoms with Crippen molar-refractivity contribution in [1.82, 2.24) is 9.62 Å². The molecule has 1 amide bonds. The number of halogens is 1. The summed E-state index contributed by atoms with van der Waals surface area (Å²) in [5, 5.41) is 0. The molecule has 7 nitrogen and oxygen atoms in total. The van der Waals surface area contributed by atoms with Gasteiger partial charge in [-0.25, -0.2) is 13.1 Å². The predicted octanol–water partition coefficient (Wildman–Crippen LogP) is 0.596. The van der Waals surface area contributed by atoms with Crippen LogP contribution in [0.3, 0.4) is 0 Å². The zero-order valence-corrected chi connectivity index (χ0v) is 15.2. The maximum absolute atomic E-state index is 12.4. The lowest BCUT2D eigenvalue weighted by Crippen LogP contribution is -2.45. The summed E-state index contributed by atoms with van der Waals surface area (Å²) in [6.45, 7) is 1.72. The molecule has 0 aliphatic carbocycles. The minimum Gasteiger partial charge on any atom is -0.383 e. The molecule has 0 bridgehead atoms. The molecule has 3 N–H and O–H groups in total. The lowest BCUT2D eigenvalue weighted by Gasteiger charge is -2.30. The zero-order chi connectivity index (χ0) is 16.9. The number of likely N-dealkylation sites (tertiary alicyclic amines) is 1. The topological polar surface area (TPSA) is 102 Å². The first-order chi connectivity index (χ1) is 10.9. The van der Waals surface area contributed by atoms with Gasteiger partial charge in [-0.1, -0.05) is 0 Å². The number of amides is 1. The molecule has 1 fully saturated rings. The van der Waals surface area contributed by atoms with Gasteiger partial charge in [-0.15, -0.1) is 12.4 Å². The van der Waals surface area contributed by atoms with Crippen molar-refractivity contribution in [3.05, 3.63) is 29.8 Å². The average molecular weight is 378 g/mol. The van der Waals surface area contributed by atoms with Crippen LogP contribution >= 0.6 is 12.4 Å². The number of benzene rings is 1. The molecule has 1 atom stereocenters. The van der Waals surface area contributed by atoms with Crippen molar-refractivity contribution in [2.24, 2.45) is 5.73 Å². The standard InChI is InChI=1S/C15H23N3O4S.ClH/c1-22-10-8-17-23(20,21)14-6-4-12(5-7-14)15(19)18-9-2-3-13(16)11-18;/h4-7,13,17H,2-3,8-11,16H2,1H3;1H. The second-order valence-corrected chi connectivity index (χ2v) is 7.34. The number of rotatable bonds is 6. The molecular weight excluding hydrogens is 354 g/mol. The lowest BCUT2D eigenvalue weighted by atomic mass is 10.1. The van der Waals surface area contributed by atoms with Gasteiger partial charge in [0.05, 0.1) is 11.5 Å². The Morgan fingerprint density at radius 1 is 1.38 bits per heavy atom. The molecule has 9 heteroatoms. The van der Waals surface area contributed by atoms with E-state index < -0.39 is 10.0 Å². The average Bonchev–Trinajstić information content (AvgIpc) is 2.54. The summed E-state index contributed by atoms with van der Waals surface area (Å²) in [7, 11) is -2.08. The molecule has 1 saturated heterocycles. The van der Waals surface area contributed by atoms with Crippen LogP contribution in [0.2, 0.25) is 0 Å². The van der Waals surface area contributed by atoms with Gasteiger partial charge in [-0.05, 0) is 37.1 Å². The summed E-state index contributed by atoms with van der Waals surface area (Å²) in [6, 6.07) is 5.96. The molecule has 2 rings (SSSR count). The van der Waals surface area contributed by atoms with Crippen molar-refractivity contribution in [3.8, 4) is 0 Å². The molecule has 0 spiro atoms. The summed E-state index contributed by atoms with van der Waals surface area (Å²) < 4.78 is 31.4. The Labute approximate surface area is 149 Å². The van der Waals surface area contributed by atoms with Crippen LogP contribution in [0.15, 0.2) is 29.2 Å². The quantitative estimate of drug-likeness (QED) is 0.707. The van der Waals surface area contributed by atoms with Gasteiger partial charge in [0.15, 0.2) is 0 Å². The Balaban J connectivity index is 0.00000288. The summed E-state index contributed by atoms with van der Waals surface area (Å²) >= 11 is 0. The van der Waals surface area contributed by atoms with Crippen LogP contribution in [0.4, 0.5) is 0 Å². The third-order valence-corrected chi connectivity index (χ3v) is 5.23. The smallest absolute Gasteiger partial charge is 0.253 e. The molecule has 0 saturated carbocycles. The van der Waals surface area contributed by atoms with Crippen molar-refractivity contribution in [2.75, 3.05) is 33.4 Å². The Hall–Kier alpha value is -1.19. The van der Waals surface area contributed by atoms with Gasteiger partial charge in [-0.3, -0.25) is 4.79 Å². The van der Waals surface area contributed by atoms with Crippen LogP contribution in [0.1, 0.15) is 23.2 Å². The third kappa shape index (κ3) is 5.42. The summed E-state index contributed by atoms with van der Waals surface area (Å²) in [5.74, 6) is -0.114. The fourth-order valence-corrected chi connectivity index (χ4v) is 3.53. The van der Waals surface area contributed by atoms with Crippen molar-refractivity contribution in [3.63, 3.8) is 0 Å². The van der Waals surface area contributed by atoms with Gasteiger partial charge >= 0.3 is 0 Å². The molecular formula is C15H24ClN3O4S. The van der Waals surface area contributed by atoms with Crippen LogP contribution in [0, 0.1) is 0 Å². The highest BCUT2D eigenvalue weighted by atomic mass is 35.5. The molecule has 1 aromatic rings. The van der Waals surface area contributed by atoms with Crippen molar-refractivity contribution in [1.29, 1.82) is 0 Å². The number of ether oxygens (including phenoxy) is 1. The van der Waals surface area contributed by atoms with Crippen molar-refractivity contribution < 1.29 is 17.9 Å². The number of methoxy groups -OCH3 is 1. The monoisotopic (exact) mass is 377 g/mol. The van der Waals surface area contributed by atoms with Gasteiger partial charge < -0.3 is 15.4 Å². The van der Waals surface area contributed by atoms with Gasteiger partial charge in [0.25, 0.3) is 5.91 Å². The van der Waals surface area contributed by atoms with Crippen LogP contribution in [0.25, 0.3) is 0 Å². The van der Waals surface area contributed by atoms with E-state index in [1.807, 2.05) is 0 Å². The van der Waals surface area contributed by atoms with Crippen molar-refractivity contribution >= 4 is 28.3 Å². The number of carbonyl (C=O) groups excluding carboxylic acids is 1. The fourth-order valence-electron chi connectivity index (χ4n) is 2.52. The lowest BCUT2D eigenvalue weighted by molar-refractivity contribution is 0.0708. The van der Waals surface area contributed by atoms with Crippen LogP contribution in [0.5, 0.6) is 0 Å². The first-order valence-electron chi connectivity index (χ1n) is 7.57. The highest BCUT2D eigenvalue weighted by molar-refractivity contribution is 7.89. The van der Waals surface area contributed by atoms with Gasteiger partial charge in [0, 0.05) is 38.3 Å². The minimum absolute atomic E-state index is 0. The van der Waals surface area contributed by atoms with Gasteiger partial charge in [0.2, 0.25) is 10.0 Å². The molecule has 136 valence electrons. The summed E-state index contributed by atoms with van der Waals surface area (Å²) in [5.41, 5.74) is 6.36. The maximum atomic E-state index is 12.4. The first kappa shape index (κ1) is 20.9. The van der Waals surface area contributed by atoms with E-state index in [4.69, 9.17) is 10.5 Å². The highest BCUT2D eigenvalue weighted by Crippen LogP contribution is 2.15. The SMILES string of the molecule is COCCNS(=O)(=O)c1ccc(C(=O)N2CCCC(N)C2)cc1.Cl. The Bertz CT molecular complexity index is 637. The van der Waals surface area contributed by atoms with E-state index in [0.717, 1.165) is 12.8 Å². The number of carbonyl (C=O) groups is 1. The van der Waals surface area contributed by atoms with E-state index in [9.17, 15) is 13.2 Å². The van der Waals surface area contributed by atoms with Gasteiger partial charge in [0.1, 0.15) is 0 Å². The number of sulfonamides is 1. The Kier molecular flexibility index (Phi) is 8.11. The molecule has 1 heterocycles. The number of nitrogens with zero attached hydrogens (tertiary/aromatic N) is 1. The molecule has 0 radical (unpaired) electrons. The fraction of sp³-hybridized carbons (Fsp3) is 0.533. The van der Waals surface area contributed by atoms with Crippen molar-refractivity contribution in [2.45, 2.75) is 23.8 Å². The number of nitrogens with two attached hydrogens (primary N) is 1. The Morgan fingerprint density at radius 3 is 2.62 bits per heavy atom. The van der Waals surface area contributed by atoms with E-state index in [0.29, 0.717) is 25.3 Å². The van der Waals surface area contributed by atoms with Crippen LogP contribution in [-0.2, 0) is 14.8 Å². The van der Waals surface area contributed by atoms with E-state index in [-0.39, 0.29) is 35.8 Å². The Morgan fingerprint density at radius 2 is 2.04 bits per heavy atom. The van der Waals surface area contributed by atoms with E-state index in [1.165, 1.54) is 31.4 Å². The summed E-state index contributed by atoms with van der Waals surface area (Å²) in [6.07, 6.45) is 1.82. The van der Waals surface area contributed by atoms with E-state index in [2.05, 4.69) is 4.72 Å². The van der Waals surface area contributed by atoms with E-state index in [1.54, 1.807) is 4.90 Å². The highest BCUT2D eigenvalue weighted by Gasteiger charge is 2.22. The van der Waals surface area contributed by atoms with E-state index >= 15 is 0 Å². The van der Waals surface area contributed by atoms with Crippen LogP contribution < -0.4 is 10.5 Å². The van der Waals surface area contributed by atoms with Gasteiger partial charge in [-0.2, -0.15) is 0 Å². The third-order valence-electron chi connectivity index (χ3n) is 3.75. The zero-order valence-electron chi connectivity index (χ0n) is 13.6. The number of piperidine rings is 1. The van der Waals surface area contributed by atoms with Crippen LogP contribution in [-0.4, -0.2) is 58.6 Å². The number of hydrogen-bond donors (Lipinski definition) is 2. The molecule has 1 aliphatic rings. The molecule has 1 aliphatic heterocycles. The molecule has 1 unspecified atom stereocenters. The minimum atomic E-state index is -3.58.